The number of rotatable bonds is 33. The van der Waals surface area contributed by atoms with Crippen LogP contribution in [0.15, 0.2) is 54.6 Å². The molecule has 0 amide bonds. The summed E-state index contributed by atoms with van der Waals surface area (Å²) in [5.74, 6) is 1.28. The van der Waals surface area contributed by atoms with Crippen LogP contribution in [0.2, 0.25) is 0 Å². The number of allylic oxidation sites excluding steroid dienone is 1. The van der Waals surface area contributed by atoms with E-state index in [2.05, 4.69) is 13.8 Å². The quantitative estimate of drug-likeness (QED) is 0.0354. The zero-order valence-electron chi connectivity index (χ0n) is 31.7. The fourth-order valence-electron chi connectivity index (χ4n) is 6.35. The Balaban J connectivity index is 1.50. The third-order valence-electron chi connectivity index (χ3n) is 9.59. The van der Waals surface area contributed by atoms with Crippen molar-refractivity contribution in [3.8, 4) is 11.5 Å². The third kappa shape index (κ3) is 22.6. The first-order valence-corrected chi connectivity index (χ1v) is 20.5. The minimum absolute atomic E-state index is 0.0457. The minimum Gasteiger partial charge on any atom is -0.507 e. The van der Waals surface area contributed by atoms with Crippen LogP contribution in [-0.2, 0) is 0 Å². The molecule has 0 spiro atoms. The topological polar surface area (TPSA) is 55.8 Å². The molecule has 2 aromatic rings. The first-order valence-electron chi connectivity index (χ1n) is 20.5. The van der Waals surface area contributed by atoms with Crippen LogP contribution in [0.3, 0.4) is 0 Å². The van der Waals surface area contributed by atoms with E-state index < -0.39 is 0 Å². The van der Waals surface area contributed by atoms with Crippen LogP contribution in [0.1, 0.15) is 197 Å². The number of ether oxygens (including phenoxy) is 2. The molecular weight excluding hydrogens is 604 g/mol. The number of ketones is 1. The van der Waals surface area contributed by atoms with Crippen LogP contribution in [-0.4, -0.2) is 24.1 Å². The van der Waals surface area contributed by atoms with Gasteiger partial charge in [0.15, 0.2) is 5.78 Å². The number of carbonyl (C=O) groups is 1. The predicted molar refractivity (Wildman–Crippen MR) is 210 cm³/mol. The van der Waals surface area contributed by atoms with Gasteiger partial charge < -0.3 is 14.6 Å². The molecule has 0 aliphatic heterocycles. The van der Waals surface area contributed by atoms with Gasteiger partial charge in [0.2, 0.25) is 0 Å². The van der Waals surface area contributed by atoms with Gasteiger partial charge in [0, 0.05) is 17.2 Å². The molecule has 0 heterocycles. The van der Waals surface area contributed by atoms with Gasteiger partial charge >= 0.3 is 0 Å². The van der Waals surface area contributed by atoms with E-state index in [0.29, 0.717) is 24.3 Å². The molecule has 276 valence electrons. The summed E-state index contributed by atoms with van der Waals surface area (Å²) in [5, 5.41) is 10.6. The van der Waals surface area contributed by atoms with E-state index in [1.807, 2.05) is 24.3 Å². The maximum atomic E-state index is 12.7. The SMILES string of the molecule is CCCCCCCCCCCCCCCCCCOc1ccc(/C(O)=C/C(=O)c2ccc(OCCCCCCCCCCCC)cc2)cc1. The summed E-state index contributed by atoms with van der Waals surface area (Å²) in [6, 6.07) is 14.5. The number of carbonyl (C=O) groups excluding carboxylic acids is 1. The predicted octanol–water partition coefficient (Wildman–Crippen LogP) is 14.4. The highest BCUT2D eigenvalue weighted by Crippen LogP contribution is 2.20. The summed E-state index contributed by atoms with van der Waals surface area (Å²) in [6.45, 7) is 5.95. The molecule has 0 fully saturated rings. The van der Waals surface area contributed by atoms with Crippen molar-refractivity contribution in [1.82, 2.24) is 0 Å². The van der Waals surface area contributed by atoms with E-state index in [1.165, 1.54) is 160 Å². The Labute approximate surface area is 301 Å². The van der Waals surface area contributed by atoms with Gasteiger partial charge in [-0.05, 0) is 61.4 Å². The normalized spacial score (nSPS) is 11.6. The molecular formula is C45H72O4. The minimum atomic E-state index is -0.234. The molecule has 0 aliphatic carbocycles. The number of aliphatic hydroxyl groups excluding tert-OH is 1. The summed E-state index contributed by atoms with van der Waals surface area (Å²) in [6.07, 6.45) is 36.0. The lowest BCUT2D eigenvalue weighted by atomic mass is 10.0. The summed E-state index contributed by atoms with van der Waals surface area (Å²) in [7, 11) is 0. The van der Waals surface area contributed by atoms with Crippen molar-refractivity contribution in [3.63, 3.8) is 0 Å². The summed E-state index contributed by atoms with van der Waals surface area (Å²) < 4.78 is 11.8. The van der Waals surface area contributed by atoms with Crippen LogP contribution >= 0.6 is 0 Å². The van der Waals surface area contributed by atoms with E-state index >= 15 is 0 Å². The molecule has 4 nitrogen and oxygen atoms in total. The lowest BCUT2D eigenvalue weighted by Crippen LogP contribution is -2.00. The van der Waals surface area contributed by atoms with E-state index in [0.717, 1.165) is 24.3 Å². The van der Waals surface area contributed by atoms with E-state index in [4.69, 9.17) is 9.47 Å². The van der Waals surface area contributed by atoms with Gasteiger partial charge in [-0.3, -0.25) is 4.79 Å². The second kappa shape index (κ2) is 30.1. The number of hydrogen-bond acceptors (Lipinski definition) is 4. The standard InChI is InChI=1S/C45H72O4/c1-3-5-7-9-11-13-15-16-17-18-19-20-22-24-26-28-38-49-43-35-31-41(32-36-43)45(47)39-44(46)40-29-33-42(34-30-40)48-37-27-25-23-21-14-12-10-8-6-4-2/h29-36,39,47H,3-28,37-38H2,1-2H3/b45-39-. The van der Waals surface area contributed by atoms with Gasteiger partial charge in [0.25, 0.3) is 0 Å². The average molecular weight is 677 g/mol. The molecule has 4 heteroatoms. The third-order valence-corrected chi connectivity index (χ3v) is 9.59. The Hall–Kier alpha value is -2.75. The number of benzene rings is 2. The molecule has 0 aromatic heterocycles. The van der Waals surface area contributed by atoms with Gasteiger partial charge in [-0.15, -0.1) is 0 Å². The Morgan fingerprint density at radius 2 is 0.735 bits per heavy atom. The van der Waals surface area contributed by atoms with Gasteiger partial charge in [0.05, 0.1) is 13.2 Å². The van der Waals surface area contributed by atoms with Gasteiger partial charge in [0.1, 0.15) is 17.3 Å². The summed E-state index contributed by atoms with van der Waals surface area (Å²) in [5.41, 5.74) is 1.12. The Bertz CT molecular complexity index is 1070. The smallest absolute Gasteiger partial charge is 0.189 e. The molecule has 0 aliphatic rings. The van der Waals surface area contributed by atoms with Gasteiger partial charge in [-0.25, -0.2) is 0 Å². The van der Waals surface area contributed by atoms with Crippen molar-refractivity contribution < 1.29 is 19.4 Å². The van der Waals surface area contributed by atoms with Crippen molar-refractivity contribution in [2.24, 2.45) is 0 Å². The van der Waals surface area contributed by atoms with Crippen molar-refractivity contribution >= 4 is 11.5 Å². The van der Waals surface area contributed by atoms with Gasteiger partial charge in [-0.2, -0.15) is 0 Å². The molecule has 0 bridgehead atoms. The molecule has 49 heavy (non-hydrogen) atoms. The molecule has 2 rings (SSSR count). The molecule has 0 atom stereocenters. The zero-order chi connectivity index (χ0) is 35.0. The van der Waals surface area contributed by atoms with Gasteiger partial charge in [-0.1, -0.05) is 168 Å². The Morgan fingerprint density at radius 3 is 1.06 bits per heavy atom. The molecule has 0 unspecified atom stereocenters. The fourth-order valence-corrected chi connectivity index (χ4v) is 6.35. The fraction of sp³-hybridized carbons (Fsp3) is 0.667. The first kappa shape index (κ1) is 42.4. The van der Waals surface area contributed by atoms with Crippen LogP contribution in [0, 0.1) is 0 Å². The maximum absolute atomic E-state index is 12.7. The Morgan fingerprint density at radius 1 is 0.449 bits per heavy atom. The highest BCUT2D eigenvalue weighted by atomic mass is 16.5. The highest BCUT2D eigenvalue weighted by molar-refractivity contribution is 6.07. The average Bonchev–Trinajstić information content (AvgIpc) is 3.12. The number of aliphatic hydroxyl groups is 1. The second-order valence-corrected chi connectivity index (χ2v) is 14.1. The van der Waals surface area contributed by atoms with Crippen LogP contribution < -0.4 is 9.47 Å². The number of hydrogen-bond donors (Lipinski definition) is 1. The second-order valence-electron chi connectivity index (χ2n) is 14.1. The maximum Gasteiger partial charge on any atom is 0.189 e. The highest BCUT2D eigenvalue weighted by Gasteiger charge is 2.08. The van der Waals surface area contributed by atoms with Crippen molar-refractivity contribution in [2.75, 3.05) is 13.2 Å². The van der Waals surface area contributed by atoms with Crippen molar-refractivity contribution in [3.05, 3.63) is 65.7 Å². The van der Waals surface area contributed by atoms with Crippen molar-refractivity contribution in [2.45, 2.75) is 181 Å². The molecule has 0 saturated carbocycles. The monoisotopic (exact) mass is 677 g/mol. The van der Waals surface area contributed by atoms with Crippen LogP contribution in [0.5, 0.6) is 11.5 Å². The van der Waals surface area contributed by atoms with E-state index in [9.17, 15) is 9.90 Å². The summed E-state index contributed by atoms with van der Waals surface area (Å²) >= 11 is 0. The molecule has 2 aromatic carbocycles. The van der Waals surface area contributed by atoms with E-state index in [-0.39, 0.29) is 11.5 Å². The lowest BCUT2D eigenvalue weighted by Gasteiger charge is -2.08. The van der Waals surface area contributed by atoms with Crippen LogP contribution in [0.4, 0.5) is 0 Å². The molecule has 1 N–H and O–H groups in total. The van der Waals surface area contributed by atoms with Crippen molar-refractivity contribution in [1.29, 1.82) is 0 Å². The molecule has 0 saturated heterocycles. The zero-order valence-corrected chi connectivity index (χ0v) is 31.7. The largest absolute Gasteiger partial charge is 0.507 e. The molecule has 0 radical (unpaired) electrons. The number of unbranched alkanes of at least 4 members (excludes halogenated alkanes) is 24. The van der Waals surface area contributed by atoms with E-state index in [1.54, 1.807) is 24.3 Å². The lowest BCUT2D eigenvalue weighted by molar-refractivity contribution is 0.104. The summed E-state index contributed by atoms with van der Waals surface area (Å²) in [4.78, 5) is 12.7. The van der Waals surface area contributed by atoms with Crippen LogP contribution in [0.25, 0.3) is 5.76 Å². The Kier molecular flexibility index (Phi) is 26.1. The first-order chi connectivity index (χ1) is 24.1.